The van der Waals surface area contributed by atoms with E-state index in [-0.39, 0.29) is 19.7 Å². The first kappa shape index (κ1) is 34.6. The fourth-order valence-corrected chi connectivity index (χ4v) is 4.79. The van der Waals surface area contributed by atoms with E-state index in [0.29, 0.717) is 49.1 Å². The van der Waals surface area contributed by atoms with Crippen LogP contribution >= 0.6 is 0 Å². The molecule has 4 aromatic rings. The van der Waals surface area contributed by atoms with Crippen LogP contribution < -0.4 is 19.3 Å². The molecule has 0 saturated heterocycles. The highest BCUT2D eigenvalue weighted by Crippen LogP contribution is 2.27. The molecule has 46 heavy (non-hydrogen) atoms. The Kier molecular flexibility index (Phi) is 12.7. The maximum atomic E-state index is 10.6. The molecular formula is C36H47N5O5. The molecule has 1 heterocycles. The molecule has 0 radical (unpaired) electrons. The van der Waals surface area contributed by atoms with Crippen LogP contribution in [0.5, 0.6) is 11.5 Å². The normalized spacial score (nSPS) is 13.2. The molecule has 0 amide bonds. The van der Waals surface area contributed by atoms with Crippen LogP contribution in [0.15, 0.2) is 78.9 Å². The Morgan fingerprint density at radius 2 is 1.20 bits per heavy atom. The highest BCUT2D eigenvalue weighted by molar-refractivity contribution is 5.59. The minimum atomic E-state index is -0.660. The third-order valence-corrected chi connectivity index (χ3v) is 6.87. The van der Waals surface area contributed by atoms with E-state index in [0.717, 1.165) is 22.4 Å². The van der Waals surface area contributed by atoms with Gasteiger partial charge in [0.05, 0.1) is 24.9 Å². The van der Waals surface area contributed by atoms with Crippen LogP contribution in [0, 0.1) is 5.92 Å². The van der Waals surface area contributed by atoms with Crippen molar-refractivity contribution < 1.29 is 24.8 Å². The molecule has 3 aromatic carbocycles. The standard InChI is InChI=1S/C36H47N5O5/c1-25(2)23-46-33-14-10-9-13-31(33)22-41(20-27(4)43)36-38-34(30-11-7-6-8-12-30)37-35(39-36)40(19-26(3)42)21-29-15-17-32(18-16-29)45-24-28(5)44/h6-18,25-28,42-44H,19-24H2,1-5H3. The van der Waals surface area contributed by atoms with E-state index in [2.05, 4.69) is 13.8 Å². The minimum absolute atomic E-state index is 0.209. The number of aliphatic hydroxyl groups is 3. The smallest absolute Gasteiger partial charge is 0.231 e. The van der Waals surface area contributed by atoms with Crippen LogP contribution in [-0.2, 0) is 13.1 Å². The molecule has 4 rings (SSSR count). The Balaban J connectivity index is 1.74. The van der Waals surface area contributed by atoms with Gasteiger partial charge in [0.15, 0.2) is 5.82 Å². The average Bonchev–Trinajstić information content (AvgIpc) is 3.03. The molecule has 1 aromatic heterocycles. The van der Waals surface area contributed by atoms with E-state index in [4.69, 9.17) is 24.4 Å². The number of aromatic nitrogens is 3. The van der Waals surface area contributed by atoms with Crippen LogP contribution in [-0.4, -0.2) is 74.9 Å². The highest BCUT2D eigenvalue weighted by Gasteiger charge is 2.22. The monoisotopic (exact) mass is 629 g/mol. The van der Waals surface area contributed by atoms with Crippen molar-refractivity contribution >= 4 is 11.9 Å². The molecule has 0 saturated carbocycles. The minimum Gasteiger partial charge on any atom is -0.493 e. The Morgan fingerprint density at radius 1 is 0.609 bits per heavy atom. The number of anilines is 2. The van der Waals surface area contributed by atoms with E-state index < -0.39 is 18.3 Å². The SMILES string of the molecule is CC(C)COc1ccccc1CN(CC(C)O)c1nc(-c2ccccc2)nc(N(Cc2ccc(OCC(C)O)cc2)CC(C)O)n1. The van der Waals surface area contributed by atoms with Gasteiger partial charge in [0.1, 0.15) is 18.1 Å². The van der Waals surface area contributed by atoms with Gasteiger partial charge in [-0.15, -0.1) is 0 Å². The second kappa shape index (κ2) is 16.9. The topological polar surface area (TPSA) is 124 Å². The molecule has 3 N–H and O–H groups in total. The van der Waals surface area contributed by atoms with Crippen LogP contribution in [0.1, 0.15) is 45.7 Å². The first-order chi connectivity index (χ1) is 22.1. The summed E-state index contributed by atoms with van der Waals surface area (Å²) in [5, 5.41) is 30.6. The van der Waals surface area contributed by atoms with Gasteiger partial charge in [0.25, 0.3) is 0 Å². The summed E-state index contributed by atoms with van der Waals surface area (Å²) in [5.41, 5.74) is 2.73. The third kappa shape index (κ3) is 10.7. The van der Waals surface area contributed by atoms with Crippen molar-refractivity contribution in [2.75, 3.05) is 36.1 Å². The maximum absolute atomic E-state index is 10.6. The number of para-hydroxylation sites is 1. The quantitative estimate of drug-likeness (QED) is 0.145. The summed E-state index contributed by atoms with van der Waals surface area (Å²) in [6, 6.07) is 25.2. The van der Waals surface area contributed by atoms with Gasteiger partial charge in [-0.3, -0.25) is 0 Å². The molecule has 10 heteroatoms. The maximum Gasteiger partial charge on any atom is 0.231 e. The van der Waals surface area contributed by atoms with Crippen molar-refractivity contribution in [2.24, 2.45) is 5.92 Å². The molecular weight excluding hydrogens is 582 g/mol. The number of ether oxygens (including phenoxy) is 2. The average molecular weight is 630 g/mol. The Bertz CT molecular complexity index is 1480. The van der Waals surface area contributed by atoms with Gasteiger partial charge in [-0.2, -0.15) is 15.0 Å². The van der Waals surface area contributed by atoms with Crippen molar-refractivity contribution in [1.82, 2.24) is 15.0 Å². The van der Waals surface area contributed by atoms with Gasteiger partial charge in [0, 0.05) is 37.3 Å². The number of rotatable bonds is 17. The predicted octanol–water partition coefficient (Wildman–Crippen LogP) is 5.11. The summed E-state index contributed by atoms with van der Waals surface area (Å²) in [4.78, 5) is 18.6. The molecule has 0 aliphatic carbocycles. The number of hydrogen-bond acceptors (Lipinski definition) is 10. The van der Waals surface area contributed by atoms with Gasteiger partial charge in [-0.25, -0.2) is 0 Å². The second-order valence-corrected chi connectivity index (χ2v) is 12.2. The first-order valence-corrected chi connectivity index (χ1v) is 15.9. The zero-order chi connectivity index (χ0) is 33.1. The zero-order valence-corrected chi connectivity index (χ0v) is 27.5. The number of hydrogen-bond donors (Lipinski definition) is 3. The largest absolute Gasteiger partial charge is 0.493 e. The number of aliphatic hydroxyl groups excluding tert-OH is 3. The molecule has 3 unspecified atom stereocenters. The summed E-state index contributed by atoms with van der Waals surface area (Å²) in [6.45, 7) is 11.5. The van der Waals surface area contributed by atoms with Crippen LogP contribution in [0.25, 0.3) is 11.4 Å². The van der Waals surface area contributed by atoms with Crippen molar-refractivity contribution in [2.45, 2.75) is 66.0 Å². The van der Waals surface area contributed by atoms with Crippen LogP contribution in [0.2, 0.25) is 0 Å². The molecule has 0 aliphatic heterocycles. The lowest BCUT2D eigenvalue weighted by atomic mass is 10.1. The highest BCUT2D eigenvalue weighted by atomic mass is 16.5. The first-order valence-electron chi connectivity index (χ1n) is 15.9. The number of benzene rings is 3. The van der Waals surface area contributed by atoms with E-state index in [1.807, 2.05) is 88.7 Å². The fraction of sp³-hybridized carbons (Fsp3) is 0.417. The van der Waals surface area contributed by atoms with E-state index in [1.165, 1.54) is 0 Å². The summed E-state index contributed by atoms with van der Waals surface area (Å²) in [5.74, 6) is 3.10. The fourth-order valence-electron chi connectivity index (χ4n) is 4.79. The van der Waals surface area contributed by atoms with Crippen molar-refractivity contribution in [3.05, 3.63) is 90.0 Å². The van der Waals surface area contributed by atoms with Crippen molar-refractivity contribution in [1.29, 1.82) is 0 Å². The van der Waals surface area contributed by atoms with Crippen molar-refractivity contribution in [3.63, 3.8) is 0 Å². The lowest BCUT2D eigenvalue weighted by Gasteiger charge is -2.28. The van der Waals surface area contributed by atoms with Gasteiger partial charge in [-0.05, 0) is 50.5 Å². The van der Waals surface area contributed by atoms with Gasteiger partial charge in [0.2, 0.25) is 11.9 Å². The number of nitrogens with zero attached hydrogens (tertiary/aromatic N) is 5. The molecule has 0 aliphatic rings. The van der Waals surface area contributed by atoms with Gasteiger partial charge >= 0.3 is 0 Å². The lowest BCUT2D eigenvalue weighted by Crippen LogP contribution is -2.35. The van der Waals surface area contributed by atoms with Gasteiger partial charge < -0.3 is 34.6 Å². The summed E-state index contributed by atoms with van der Waals surface area (Å²) >= 11 is 0. The molecule has 10 nitrogen and oxygen atoms in total. The summed E-state index contributed by atoms with van der Waals surface area (Å²) in [7, 11) is 0. The Labute approximate surface area is 272 Å². The molecule has 246 valence electrons. The summed E-state index contributed by atoms with van der Waals surface area (Å²) < 4.78 is 11.8. The molecule has 3 atom stereocenters. The van der Waals surface area contributed by atoms with Crippen LogP contribution in [0.4, 0.5) is 11.9 Å². The Hall–Kier alpha value is -4.25. The predicted molar refractivity (Wildman–Crippen MR) is 181 cm³/mol. The summed E-state index contributed by atoms with van der Waals surface area (Å²) in [6.07, 6.45) is -1.88. The van der Waals surface area contributed by atoms with E-state index in [1.54, 1.807) is 20.8 Å². The van der Waals surface area contributed by atoms with Crippen LogP contribution in [0.3, 0.4) is 0 Å². The van der Waals surface area contributed by atoms with Crippen molar-refractivity contribution in [3.8, 4) is 22.9 Å². The third-order valence-electron chi connectivity index (χ3n) is 6.87. The molecule has 0 bridgehead atoms. The zero-order valence-electron chi connectivity index (χ0n) is 27.5. The van der Waals surface area contributed by atoms with Gasteiger partial charge in [-0.1, -0.05) is 74.5 Å². The van der Waals surface area contributed by atoms with E-state index in [9.17, 15) is 15.3 Å². The van der Waals surface area contributed by atoms with E-state index >= 15 is 0 Å². The molecule has 0 spiro atoms. The second-order valence-electron chi connectivity index (χ2n) is 12.2. The lowest BCUT2D eigenvalue weighted by molar-refractivity contribution is 0.122. The Morgan fingerprint density at radius 3 is 1.78 bits per heavy atom. The molecule has 0 fully saturated rings.